The molecule has 3 heterocycles. The maximum atomic E-state index is 12.7. The van der Waals surface area contributed by atoms with Gasteiger partial charge in [0.15, 0.2) is 0 Å². The molecule has 1 aliphatic heterocycles. The van der Waals surface area contributed by atoms with Gasteiger partial charge in [0.05, 0.1) is 16.0 Å². The van der Waals surface area contributed by atoms with E-state index in [-0.39, 0.29) is 29.6 Å². The number of aromatic nitrogens is 3. The minimum absolute atomic E-state index is 0.0108. The fourth-order valence-corrected chi connectivity index (χ4v) is 7.39. The molecule has 3 aromatic rings. The Hall–Kier alpha value is -2.76. The van der Waals surface area contributed by atoms with Crippen molar-refractivity contribution in [3.8, 4) is 0 Å². The van der Waals surface area contributed by atoms with Crippen molar-refractivity contribution in [3.63, 3.8) is 0 Å². The Bertz CT molecular complexity index is 1400. The van der Waals surface area contributed by atoms with Crippen molar-refractivity contribution in [3.05, 3.63) is 54.5 Å². The number of hydrogen-bond donors (Lipinski definition) is 1. The Kier molecular flexibility index (Phi) is 8.43. The van der Waals surface area contributed by atoms with E-state index in [1.165, 1.54) is 9.87 Å². The average Bonchev–Trinajstić information content (AvgIpc) is 3.55. The molecule has 0 atom stereocenters. The summed E-state index contributed by atoms with van der Waals surface area (Å²) in [4.78, 5) is 14.2. The zero-order valence-corrected chi connectivity index (χ0v) is 22.3. The monoisotopic (exact) mass is 531 g/mol. The number of aromatic amines is 1. The Balaban J connectivity index is 0.000000375. The second kappa shape index (κ2) is 11.5. The van der Waals surface area contributed by atoms with Gasteiger partial charge in [-0.3, -0.25) is 0 Å². The molecule has 1 aliphatic carbocycles. The largest absolute Gasteiger partial charge is 0.356 e. The number of aryl methyl sites for hydroxylation is 1. The average molecular weight is 532 g/mol. The van der Waals surface area contributed by atoms with Crippen LogP contribution in [0, 0.1) is 12.8 Å². The summed E-state index contributed by atoms with van der Waals surface area (Å²) in [6.07, 6.45) is 7.16. The van der Waals surface area contributed by atoms with Crippen LogP contribution < -0.4 is 4.90 Å². The molecule has 5 rings (SSSR count). The summed E-state index contributed by atoms with van der Waals surface area (Å²) < 4.78 is 48.9. The summed E-state index contributed by atoms with van der Waals surface area (Å²) in [5.74, 6) is 1.08. The fourth-order valence-electron chi connectivity index (χ4n) is 4.93. The van der Waals surface area contributed by atoms with E-state index in [1.54, 1.807) is 6.33 Å². The third-order valence-corrected chi connectivity index (χ3v) is 9.84. The van der Waals surface area contributed by atoms with Gasteiger partial charge in [-0.25, -0.2) is 18.4 Å². The molecule has 194 valence electrons. The van der Waals surface area contributed by atoms with Crippen molar-refractivity contribution in [2.24, 2.45) is 5.92 Å². The van der Waals surface area contributed by atoms with Gasteiger partial charge >= 0.3 is 0 Å². The van der Waals surface area contributed by atoms with Crippen LogP contribution >= 0.6 is 0 Å². The summed E-state index contributed by atoms with van der Waals surface area (Å²) in [7, 11) is -3.70. The van der Waals surface area contributed by atoms with E-state index >= 15 is 0 Å². The number of fused-ring (bicyclic) bond motifs is 1. The molecule has 2 aromatic heterocycles. The van der Waals surface area contributed by atoms with Crippen molar-refractivity contribution in [2.45, 2.75) is 45.1 Å². The first-order chi connectivity index (χ1) is 17.2. The molecule has 1 saturated carbocycles. The van der Waals surface area contributed by atoms with E-state index in [4.69, 9.17) is 0 Å². The first-order valence-corrected chi connectivity index (χ1v) is 14.9. The maximum Gasteiger partial charge on any atom is 0.214 e. The van der Waals surface area contributed by atoms with Crippen LogP contribution in [0.15, 0.2) is 48.9 Å². The van der Waals surface area contributed by atoms with E-state index in [0.29, 0.717) is 12.5 Å². The molecule has 2 fully saturated rings. The fraction of sp³-hybridized carbons (Fsp3) is 0.480. The predicted molar refractivity (Wildman–Crippen MR) is 143 cm³/mol. The van der Waals surface area contributed by atoms with Crippen molar-refractivity contribution >= 4 is 42.0 Å². The summed E-state index contributed by atoms with van der Waals surface area (Å²) >= 11 is 0. The number of anilines is 1. The first kappa shape index (κ1) is 26.3. The van der Waals surface area contributed by atoms with Gasteiger partial charge in [0.1, 0.15) is 17.8 Å². The molecule has 0 spiro atoms. The Labute approximate surface area is 214 Å². The van der Waals surface area contributed by atoms with Crippen LogP contribution in [0.2, 0.25) is 0 Å². The predicted octanol–water partition coefficient (Wildman–Crippen LogP) is 3.03. The number of nitrogens with one attached hydrogen (secondary N) is 1. The van der Waals surface area contributed by atoms with Gasteiger partial charge in [-0.15, -0.1) is 0 Å². The lowest BCUT2D eigenvalue weighted by Crippen LogP contribution is -2.39. The highest BCUT2D eigenvalue weighted by Crippen LogP contribution is 2.32. The van der Waals surface area contributed by atoms with Crippen LogP contribution in [0.25, 0.3) is 11.0 Å². The Morgan fingerprint density at radius 3 is 2.42 bits per heavy atom. The van der Waals surface area contributed by atoms with Gasteiger partial charge in [0.25, 0.3) is 0 Å². The quantitative estimate of drug-likeness (QED) is 0.503. The highest BCUT2D eigenvalue weighted by molar-refractivity contribution is 7.89. The zero-order valence-electron chi connectivity index (χ0n) is 20.7. The van der Waals surface area contributed by atoms with Crippen LogP contribution in [-0.2, 0) is 20.3 Å². The standard InChI is InChI=1S/C18H25N5O4S2.C7H8/c1-22(18-16-6-8-19-17(16)20-12-21-18)14-4-2-13(3-5-14)11-29(26,27)23-9-7-15(10-23)28(24)25;1-7-5-3-2-4-6-7/h6,8,12-14H,2-5,7,9-11H2,1H3,(H,19,20,21);2-6H,1H3. The van der Waals surface area contributed by atoms with Crippen LogP contribution in [-0.4, -0.2) is 72.9 Å². The van der Waals surface area contributed by atoms with Gasteiger partial charge in [0, 0.05) is 32.4 Å². The Morgan fingerprint density at radius 1 is 1.08 bits per heavy atom. The van der Waals surface area contributed by atoms with Gasteiger partial charge in [0.2, 0.25) is 20.3 Å². The van der Waals surface area contributed by atoms with Gasteiger partial charge in [-0.05, 0) is 51.0 Å². The number of H-pyrrole nitrogens is 1. The Morgan fingerprint density at radius 2 is 1.81 bits per heavy atom. The lowest BCUT2D eigenvalue weighted by atomic mass is 9.86. The minimum atomic E-state index is -3.44. The van der Waals surface area contributed by atoms with E-state index in [2.05, 4.69) is 38.9 Å². The van der Waals surface area contributed by atoms with E-state index in [9.17, 15) is 16.8 Å². The molecule has 9 nitrogen and oxygen atoms in total. The smallest absolute Gasteiger partial charge is 0.214 e. The van der Waals surface area contributed by atoms with Crippen molar-refractivity contribution in [2.75, 3.05) is 30.8 Å². The van der Waals surface area contributed by atoms with Gasteiger partial charge < -0.3 is 9.88 Å². The van der Waals surface area contributed by atoms with E-state index < -0.39 is 20.3 Å². The van der Waals surface area contributed by atoms with Crippen LogP contribution in [0.3, 0.4) is 0 Å². The molecule has 0 unspecified atom stereocenters. The van der Waals surface area contributed by atoms with Crippen LogP contribution in [0.5, 0.6) is 0 Å². The molecule has 2 aliphatic rings. The molecule has 11 heteroatoms. The summed E-state index contributed by atoms with van der Waals surface area (Å²) in [6, 6.07) is 12.5. The summed E-state index contributed by atoms with van der Waals surface area (Å²) in [5, 5.41) is 0.983. The number of hydrogen-bond acceptors (Lipinski definition) is 7. The molecule has 0 bridgehead atoms. The minimum Gasteiger partial charge on any atom is -0.356 e. The normalized spacial score (nSPS) is 20.7. The second-order valence-electron chi connectivity index (χ2n) is 9.51. The molecule has 36 heavy (non-hydrogen) atoms. The molecular weight excluding hydrogens is 498 g/mol. The molecule has 0 amide bonds. The summed E-state index contributed by atoms with van der Waals surface area (Å²) in [5.41, 5.74) is 2.13. The van der Waals surface area contributed by atoms with Crippen molar-refractivity contribution in [1.82, 2.24) is 19.3 Å². The van der Waals surface area contributed by atoms with Crippen LogP contribution in [0.4, 0.5) is 5.82 Å². The number of benzene rings is 1. The van der Waals surface area contributed by atoms with E-state index in [0.717, 1.165) is 42.5 Å². The zero-order chi connectivity index (χ0) is 25.7. The highest BCUT2D eigenvalue weighted by Gasteiger charge is 2.34. The number of rotatable bonds is 5. The lowest BCUT2D eigenvalue weighted by Gasteiger charge is -2.35. The van der Waals surface area contributed by atoms with Gasteiger partial charge in [-0.2, -0.15) is 12.7 Å². The highest BCUT2D eigenvalue weighted by atomic mass is 32.2. The third-order valence-electron chi connectivity index (χ3n) is 7.04. The topological polar surface area (TPSA) is 116 Å². The molecule has 0 radical (unpaired) electrons. The summed E-state index contributed by atoms with van der Waals surface area (Å²) in [6.45, 7) is 2.36. The molecule has 1 aromatic carbocycles. The molecule has 1 N–H and O–H groups in total. The maximum absolute atomic E-state index is 12.7. The number of nitrogens with zero attached hydrogens (tertiary/aromatic N) is 4. The third kappa shape index (κ3) is 6.32. The first-order valence-electron chi connectivity index (χ1n) is 12.2. The SMILES string of the molecule is CN(c1ncnc2[nH]ccc12)C1CCC(CS(=O)(=O)N2CCC(=S(=O)=O)C2)CC1.Cc1ccccc1. The lowest BCUT2D eigenvalue weighted by molar-refractivity contribution is 0.336. The number of sulfonamides is 1. The van der Waals surface area contributed by atoms with Gasteiger partial charge in [-0.1, -0.05) is 35.9 Å². The van der Waals surface area contributed by atoms with Crippen LogP contribution in [0.1, 0.15) is 37.7 Å². The molecular formula is C25H33N5O4S2. The van der Waals surface area contributed by atoms with Crippen molar-refractivity contribution in [1.29, 1.82) is 0 Å². The molecule has 1 saturated heterocycles. The second-order valence-corrected chi connectivity index (χ2v) is 12.6. The van der Waals surface area contributed by atoms with E-state index in [1.807, 2.05) is 37.5 Å². The van der Waals surface area contributed by atoms with Crippen molar-refractivity contribution < 1.29 is 16.8 Å².